The van der Waals surface area contributed by atoms with Gasteiger partial charge in [0.25, 0.3) is 0 Å². The topological polar surface area (TPSA) is 146 Å². The highest BCUT2D eigenvalue weighted by molar-refractivity contribution is 6.03. The van der Waals surface area contributed by atoms with E-state index >= 15 is 0 Å². The van der Waals surface area contributed by atoms with Gasteiger partial charge in [-0.05, 0) is 99.1 Å². The van der Waals surface area contributed by atoms with Gasteiger partial charge >= 0.3 is 6.09 Å². The van der Waals surface area contributed by atoms with Gasteiger partial charge in [0.2, 0.25) is 12.1 Å². The van der Waals surface area contributed by atoms with Gasteiger partial charge < -0.3 is 38.7 Å². The Labute approximate surface area is 400 Å². The normalized spacial score (nSPS) is 24.7. The van der Waals surface area contributed by atoms with Crippen molar-refractivity contribution in [2.75, 3.05) is 39.6 Å². The van der Waals surface area contributed by atoms with Crippen LogP contribution in [0.4, 0.5) is 4.79 Å². The summed E-state index contributed by atoms with van der Waals surface area (Å²) >= 11 is 0. The number of carbonyl (C=O) groups is 2. The zero-order valence-electron chi connectivity index (χ0n) is 40.6. The van der Waals surface area contributed by atoms with Crippen LogP contribution in [0, 0.1) is 17.8 Å². The van der Waals surface area contributed by atoms with Crippen molar-refractivity contribution in [2.24, 2.45) is 22.9 Å². The minimum atomic E-state index is -1.39. The summed E-state index contributed by atoms with van der Waals surface area (Å²) in [6.07, 6.45) is 24.1. The van der Waals surface area contributed by atoms with Crippen molar-refractivity contribution >= 4 is 18.1 Å². The van der Waals surface area contributed by atoms with Crippen LogP contribution < -0.4 is 9.47 Å². The quantitative estimate of drug-likeness (QED) is 0.0336. The Hall–Kier alpha value is -4.23. The van der Waals surface area contributed by atoms with E-state index in [0.29, 0.717) is 61.8 Å². The molecule has 2 aliphatic carbocycles. The van der Waals surface area contributed by atoms with E-state index in [1.54, 1.807) is 24.3 Å². The van der Waals surface area contributed by atoms with Gasteiger partial charge in [-0.1, -0.05) is 114 Å². The van der Waals surface area contributed by atoms with Crippen molar-refractivity contribution in [2.45, 2.75) is 173 Å². The van der Waals surface area contributed by atoms with Gasteiger partial charge in [0, 0.05) is 49.6 Å². The van der Waals surface area contributed by atoms with Crippen LogP contribution in [0.15, 0.2) is 71.9 Å². The summed E-state index contributed by atoms with van der Waals surface area (Å²) in [7, 11) is 0. The lowest BCUT2D eigenvalue weighted by Crippen LogP contribution is -2.70. The van der Waals surface area contributed by atoms with Crippen LogP contribution >= 0.6 is 0 Å². The molecule has 1 saturated carbocycles. The van der Waals surface area contributed by atoms with Gasteiger partial charge in [0.1, 0.15) is 29.6 Å². The number of amides is 1. The van der Waals surface area contributed by atoms with E-state index in [1.807, 2.05) is 23.1 Å². The first-order valence-corrected chi connectivity index (χ1v) is 25.9. The van der Waals surface area contributed by atoms with E-state index in [9.17, 15) is 19.8 Å². The molecule has 2 fully saturated rings. The molecule has 2 aromatic rings. The number of aldehydes is 1. The molecule has 7 atom stereocenters. The lowest BCUT2D eigenvalue weighted by Gasteiger charge is -2.60. The number of rotatable bonds is 30. The minimum absolute atomic E-state index is 0.0486. The molecule has 0 bridgehead atoms. The largest absolute Gasteiger partial charge is 0.459 e. The number of aliphatic hydroxyl groups is 2. The van der Waals surface area contributed by atoms with Crippen molar-refractivity contribution in [3.63, 3.8) is 0 Å². The third-order valence-electron chi connectivity index (χ3n) is 14.1. The monoisotopic (exact) mass is 929 g/mol. The Morgan fingerprint density at radius 3 is 2.34 bits per heavy atom. The average molecular weight is 929 g/mol. The molecule has 4 aliphatic rings. The zero-order chi connectivity index (χ0) is 47.3. The molecule has 2 aliphatic heterocycles. The van der Waals surface area contributed by atoms with E-state index in [-0.39, 0.29) is 44.0 Å². The predicted octanol–water partition coefficient (Wildman–Crippen LogP) is 12.2. The minimum Gasteiger partial charge on any atom is -0.459 e. The molecule has 12 heteroatoms. The standard InChI is InChI=1S/C55H80N2O10/c1-4-7-8-9-10-11-12-13-14-20-35-63-54(61)57(30-5-2)50-39-48(56-67-51-27-17-21-34-62-51)46-37-42(24-15-18-31-58)45(26-16-19-32-59)52-47-38-44(65-43-25-22-23-41(36-43)40-60)28-29-49(47)66-55(50,53(46)52)64-33-6-3/h6,22-23,25,28-29,36-38,40,42,45,50-53,58-59H,3-5,7-21,24,26-27,30-35,39H2,1-2H3. The zero-order valence-corrected chi connectivity index (χ0v) is 40.6. The molecule has 2 heterocycles. The molecule has 1 amide bonds. The van der Waals surface area contributed by atoms with Crippen LogP contribution in [0.5, 0.6) is 17.2 Å². The number of oxime groups is 1. The van der Waals surface area contributed by atoms with Crippen LogP contribution in [0.3, 0.4) is 0 Å². The number of unbranched alkanes of at least 4 members (excludes halogenated alkanes) is 11. The highest BCUT2D eigenvalue weighted by Crippen LogP contribution is 2.62. The number of allylic oxidation sites excluding steroid dienone is 1. The van der Waals surface area contributed by atoms with Crippen molar-refractivity contribution in [1.82, 2.24) is 4.90 Å². The van der Waals surface area contributed by atoms with E-state index in [4.69, 9.17) is 33.7 Å². The Morgan fingerprint density at radius 1 is 0.896 bits per heavy atom. The van der Waals surface area contributed by atoms with Gasteiger partial charge in [0.15, 0.2) is 0 Å². The SMILES string of the molecule is C=CCOC12Oc3ccc(Oc4cccc(C=O)c4)cc3C3C(CCCCO)C(CCCCO)C=C(C(=NOC4CCCCO4)CC1N(CCC)C(=O)OCCCCCCCCCCCC)C32. The Morgan fingerprint density at radius 2 is 1.64 bits per heavy atom. The lowest BCUT2D eigenvalue weighted by molar-refractivity contribution is -0.255. The number of benzene rings is 2. The molecule has 0 radical (unpaired) electrons. The van der Waals surface area contributed by atoms with E-state index in [2.05, 4.69) is 32.6 Å². The van der Waals surface area contributed by atoms with E-state index in [0.717, 1.165) is 87.3 Å². The molecule has 6 rings (SSSR count). The molecular formula is C55H80N2O10. The first-order valence-electron chi connectivity index (χ1n) is 25.9. The maximum absolute atomic E-state index is 14.7. The number of hydrogen-bond donors (Lipinski definition) is 2. The maximum Gasteiger partial charge on any atom is 0.410 e. The molecule has 12 nitrogen and oxygen atoms in total. The van der Waals surface area contributed by atoms with Crippen molar-refractivity contribution < 1.29 is 48.3 Å². The summed E-state index contributed by atoms with van der Waals surface area (Å²) < 4.78 is 33.2. The highest BCUT2D eigenvalue weighted by atomic mass is 16.8. The summed E-state index contributed by atoms with van der Waals surface area (Å²) in [5.74, 6) is -0.198. The number of carbonyl (C=O) groups excluding carboxylic acids is 2. The second-order valence-electron chi connectivity index (χ2n) is 19.0. The molecule has 1 saturated heterocycles. The molecule has 0 spiro atoms. The first kappa shape index (κ1) is 52.1. The van der Waals surface area contributed by atoms with Gasteiger partial charge in [-0.25, -0.2) is 4.79 Å². The van der Waals surface area contributed by atoms with Crippen LogP contribution in [-0.2, 0) is 19.0 Å². The fourth-order valence-electron chi connectivity index (χ4n) is 10.9. The molecule has 0 aromatic heterocycles. The van der Waals surface area contributed by atoms with Gasteiger partial charge in [-0.15, -0.1) is 6.58 Å². The average Bonchev–Trinajstić information content (AvgIpc) is 3.35. The number of fused-ring (bicyclic) bond motifs is 2. The Bertz CT molecular complexity index is 1900. The molecule has 67 heavy (non-hydrogen) atoms. The third kappa shape index (κ3) is 14.0. The first-order chi connectivity index (χ1) is 32.9. The molecular weight excluding hydrogens is 849 g/mol. The van der Waals surface area contributed by atoms with Crippen molar-refractivity contribution in [3.05, 3.63) is 77.9 Å². The van der Waals surface area contributed by atoms with Crippen molar-refractivity contribution in [3.8, 4) is 17.2 Å². The van der Waals surface area contributed by atoms with Gasteiger partial charge in [-0.2, -0.15) is 0 Å². The van der Waals surface area contributed by atoms with Crippen LogP contribution in [-0.4, -0.2) is 90.9 Å². The maximum atomic E-state index is 14.7. The Balaban J connectivity index is 1.42. The van der Waals surface area contributed by atoms with Crippen molar-refractivity contribution in [1.29, 1.82) is 0 Å². The van der Waals surface area contributed by atoms with Crippen LogP contribution in [0.2, 0.25) is 0 Å². The highest BCUT2D eigenvalue weighted by Gasteiger charge is 2.65. The second kappa shape index (κ2) is 27.7. The lowest BCUT2D eigenvalue weighted by atomic mass is 9.55. The summed E-state index contributed by atoms with van der Waals surface area (Å²) in [6.45, 7) is 10.1. The number of hydrogen-bond acceptors (Lipinski definition) is 11. The smallest absolute Gasteiger partial charge is 0.410 e. The summed E-state index contributed by atoms with van der Waals surface area (Å²) in [6, 6.07) is 12.3. The Kier molecular flexibility index (Phi) is 21.5. The number of ether oxygens (including phenoxy) is 5. The fraction of sp³-hybridized carbons (Fsp3) is 0.655. The van der Waals surface area contributed by atoms with Crippen LogP contribution in [0.25, 0.3) is 0 Å². The third-order valence-corrected chi connectivity index (χ3v) is 14.1. The number of aliphatic hydroxyl groups excluding tert-OH is 2. The van der Waals surface area contributed by atoms with E-state index < -0.39 is 30.1 Å². The summed E-state index contributed by atoms with van der Waals surface area (Å²) in [5, 5.41) is 25.0. The van der Waals surface area contributed by atoms with Gasteiger partial charge in [0.05, 0.1) is 31.5 Å². The molecule has 7 unspecified atom stereocenters. The van der Waals surface area contributed by atoms with Gasteiger partial charge in [-0.3, -0.25) is 9.69 Å². The van der Waals surface area contributed by atoms with E-state index in [1.165, 1.54) is 44.9 Å². The fourth-order valence-corrected chi connectivity index (χ4v) is 10.9. The summed E-state index contributed by atoms with van der Waals surface area (Å²) in [5.41, 5.74) is 3.14. The second-order valence-corrected chi connectivity index (χ2v) is 19.0. The molecule has 2 N–H and O–H groups in total. The molecule has 2 aromatic carbocycles. The molecule has 370 valence electrons. The predicted molar refractivity (Wildman–Crippen MR) is 262 cm³/mol. The summed E-state index contributed by atoms with van der Waals surface area (Å²) in [4.78, 5) is 34.5. The number of nitrogens with zero attached hydrogens (tertiary/aromatic N) is 2. The van der Waals surface area contributed by atoms with Crippen LogP contribution in [0.1, 0.15) is 171 Å².